The highest BCUT2D eigenvalue weighted by Gasteiger charge is 2.30. The molecule has 1 rings (SSSR count). The summed E-state index contributed by atoms with van der Waals surface area (Å²) in [7, 11) is 0. The molecule has 7 heteroatoms. The lowest BCUT2D eigenvalue weighted by Crippen LogP contribution is -2.35. The largest absolute Gasteiger partial charge is 0.463 e. The molecule has 0 fully saturated rings. The summed E-state index contributed by atoms with van der Waals surface area (Å²) in [6.45, 7) is 1.45. The molecule has 0 saturated carbocycles. The zero-order chi connectivity index (χ0) is 13.9. The van der Waals surface area contributed by atoms with Crippen LogP contribution in [0.25, 0.3) is 0 Å². The number of carbonyl (C=O) groups is 1. The number of alkyl halides is 3. The predicted molar refractivity (Wildman–Crippen MR) is 56.3 cm³/mol. The van der Waals surface area contributed by atoms with Crippen LogP contribution >= 0.6 is 0 Å². The van der Waals surface area contributed by atoms with Crippen molar-refractivity contribution < 1.29 is 28.3 Å². The lowest BCUT2D eigenvalue weighted by Gasteiger charge is -2.19. The van der Waals surface area contributed by atoms with Crippen molar-refractivity contribution in [3.63, 3.8) is 0 Å². The third-order valence-electron chi connectivity index (χ3n) is 2.43. The van der Waals surface area contributed by atoms with Gasteiger partial charge in [0.25, 0.3) is 0 Å². The zero-order valence-electron chi connectivity index (χ0n) is 9.48. The van der Waals surface area contributed by atoms with Gasteiger partial charge in [0.1, 0.15) is 0 Å². The van der Waals surface area contributed by atoms with Crippen molar-refractivity contribution in [3.8, 4) is 0 Å². The maximum absolute atomic E-state index is 12.3. The normalized spacial score (nSPS) is 13.2. The minimum atomic E-state index is -4.39. The first-order valence-corrected chi connectivity index (χ1v) is 5.09. The summed E-state index contributed by atoms with van der Waals surface area (Å²) in [4.78, 5) is 10.4. The number of halogens is 3. The Morgan fingerprint density at radius 2 is 1.83 bits per heavy atom. The van der Waals surface area contributed by atoms with E-state index < -0.39 is 23.9 Å². The highest BCUT2D eigenvalue weighted by atomic mass is 19.4. The Bertz CT molecular complexity index is 417. The number of rotatable bonds is 3. The van der Waals surface area contributed by atoms with E-state index in [4.69, 9.17) is 10.3 Å². The summed E-state index contributed by atoms with van der Waals surface area (Å²) < 4.78 is 36.9. The molecule has 1 amide bonds. The van der Waals surface area contributed by atoms with Gasteiger partial charge in [-0.1, -0.05) is 12.1 Å². The van der Waals surface area contributed by atoms with E-state index in [0.29, 0.717) is 5.56 Å². The van der Waals surface area contributed by atoms with Crippen LogP contribution in [-0.4, -0.2) is 27.5 Å². The SMILES string of the molecule is CC(Cc1ccc(C(F)(F)F)cc1)N(O)C(=O)O. The minimum Gasteiger partial charge on any atom is -0.463 e. The van der Waals surface area contributed by atoms with Crippen LogP contribution in [0.15, 0.2) is 24.3 Å². The number of benzene rings is 1. The predicted octanol–water partition coefficient (Wildman–Crippen LogP) is 3.01. The number of hydrogen-bond donors (Lipinski definition) is 2. The van der Waals surface area contributed by atoms with Crippen molar-refractivity contribution in [2.24, 2.45) is 0 Å². The fourth-order valence-corrected chi connectivity index (χ4v) is 1.45. The first-order chi connectivity index (χ1) is 8.21. The monoisotopic (exact) mass is 263 g/mol. The molecule has 0 bridgehead atoms. The molecule has 0 saturated heterocycles. The molecule has 0 aliphatic rings. The second kappa shape index (κ2) is 5.26. The van der Waals surface area contributed by atoms with Crippen molar-refractivity contribution in [2.45, 2.75) is 25.6 Å². The second-order valence-electron chi connectivity index (χ2n) is 3.87. The lowest BCUT2D eigenvalue weighted by atomic mass is 10.0. The summed E-state index contributed by atoms with van der Waals surface area (Å²) >= 11 is 0. The number of hydroxylamine groups is 2. The summed E-state index contributed by atoms with van der Waals surface area (Å²) in [5.74, 6) is 0. The molecule has 18 heavy (non-hydrogen) atoms. The van der Waals surface area contributed by atoms with E-state index in [0.717, 1.165) is 12.1 Å². The second-order valence-corrected chi connectivity index (χ2v) is 3.87. The van der Waals surface area contributed by atoms with Gasteiger partial charge in [-0.3, -0.25) is 5.21 Å². The first kappa shape index (κ1) is 14.3. The van der Waals surface area contributed by atoms with Gasteiger partial charge in [0.2, 0.25) is 0 Å². The molecule has 0 heterocycles. The summed E-state index contributed by atoms with van der Waals surface area (Å²) in [5.41, 5.74) is -0.256. The van der Waals surface area contributed by atoms with Crippen molar-refractivity contribution in [1.82, 2.24) is 5.06 Å². The Balaban J connectivity index is 2.73. The number of nitrogens with zero attached hydrogens (tertiary/aromatic N) is 1. The van der Waals surface area contributed by atoms with Crippen LogP contribution in [0.5, 0.6) is 0 Å². The van der Waals surface area contributed by atoms with Crippen LogP contribution in [0.1, 0.15) is 18.1 Å². The summed E-state index contributed by atoms with van der Waals surface area (Å²) in [6, 6.07) is 3.62. The van der Waals surface area contributed by atoms with E-state index in [1.165, 1.54) is 19.1 Å². The number of hydrogen-bond acceptors (Lipinski definition) is 2. The van der Waals surface area contributed by atoms with Gasteiger partial charge >= 0.3 is 12.3 Å². The standard InChI is InChI=1S/C11H12F3NO3/c1-7(15(18)10(16)17)6-8-2-4-9(5-3-8)11(12,13)14/h2-5,7,18H,6H2,1H3,(H,16,17). The Kier molecular flexibility index (Phi) is 4.18. The van der Waals surface area contributed by atoms with Crippen LogP contribution in [-0.2, 0) is 12.6 Å². The fraction of sp³-hybridized carbons (Fsp3) is 0.364. The molecule has 2 N–H and O–H groups in total. The molecule has 1 aromatic rings. The zero-order valence-corrected chi connectivity index (χ0v) is 9.48. The van der Waals surface area contributed by atoms with Crippen LogP contribution in [0.4, 0.5) is 18.0 Å². The van der Waals surface area contributed by atoms with E-state index in [-0.39, 0.29) is 11.5 Å². The molecule has 1 unspecified atom stereocenters. The van der Waals surface area contributed by atoms with E-state index in [1.807, 2.05) is 0 Å². The molecule has 1 atom stereocenters. The van der Waals surface area contributed by atoms with Gasteiger partial charge in [0.05, 0.1) is 11.6 Å². The van der Waals surface area contributed by atoms with Gasteiger partial charge in [0, 0.05) is 0 Å². The number of carboxylic acid groups (broad SMARTS) is 1. The Hall–Kier alpha value is -1.76. The van der Waals surface area contributed by atoms with Crippen molar-refractivity contribution in [2.75, 3.05) is 0 Å². The van der Waals surface area contributed by atoms with E-state index in [9.17, 15) is 18.0 Å². The molecule has 0 aliphatic carbocycles. The van der Waals surface area contributed by atoms with E-state index in [1.54, 1.807) is 0 Å². The van der Waals surface area contributed by atoms with Crippen LogP contribution in [0.3, 0.4) is 0 Å². The molecular weight excluding hydrogens is 251 g/mol. The maximum Gasteiger partial charge on any atom is 0.431 e. The van der Waals surface area contributed by atoms with Crippen molar-refractivity contribution in [1.29, 1.82) is 0 Å². The van der Waals surface area contributed by atoms with Crippen molar-refractivity contribution >= 4 is 6.09 Å². The van der Waals surface area contributed by atoms with E-state index >= 15 is 0 Å². The quantitative estimate of drug-likeness (QED) is 0.651. The Labute approximate surface area is 101 Å². The first-order valence-electron chi connectivity index (χ1n) is 5.09. The van der Waals surface area contributed by atoms with Gasteiger partial charge < -0.3 is 5.11 Å². The Morgan fingerprint density at radius 1 is 1.33 bits per heavy atom. The van der Waals surface area contributed by atoms with Gasteiger partial charge in [0.15, 0.2) is 0 Å². The van der Waals surface area contributed by atoms with Gasteiger partial charge in [-0.05, 0) is 31.0 Å². The van der Waals surface area contributed by atoms with Gasteiger partial charge in [-0.2, -0.15) is 18.2 Å². The molecule has 0 aliphatic heterocycles. The Morgan fingerprint density at radius 3 is 2.22 bits per heavy atom. The fourth-order valence-electron chi connectivity index (χ4n) is 1.45. The average molecular weight is 263 g/mol. The van der Waals surface area contributed by atoms with E-state index in [2.05, 4.69) is 0 Å². The van der Waals surface area contributed by atoms with Gasteiger partial charge in [-0.15, -0.1) is 0 Å². The molecule has 0 spiro atoms. The molecule has 0 aromatic heterocycles. The highest BCUT2D eigenvalue weighted by molar-refractivity contribution is 5.63. The summed E-state index contributed by atoms with van der Waals surface area (Å²) in [5, 5.41) is 17.7. The third-order valence-corrected chi connectivity index (χ3v) is 2.43. The van der Waals surface area contributed by atoms with Crippen LogP contribution in [0, 0.1) is 0 Å². The minimum absolute atomic E-state index is 0.123. The van der Waals surface area contributed by atoms with Crippen LogP contribution < -0.4 is 0 Å². The number of amides is 1. The van der Waals surface area contributed by atoms with Crippen LogP contribution in [0.2, 0.25) is 0 Å². The topological polar surface area (TPSA) is 60.8 Å². The smallest absolute Gasteiger partial charge is 0.431 e. The lowest BCUT2D eigenvalue weighted by molar-refractivity contribution is -0.137. The van der Waals surface area contributed by atoms with Gasteiger partial charge in [-0.25, -0.2) is 4.79 Å². The molecule has 100 valence electrons. The molecule has 0 radical (unpaired) electrons. The maximum atomic E-state index is 12.3. The summed E-state index contributed by atoms with van der Waals surface area (Å²) in [6.07, 6.45) is -5.77. The third kappa shape index (κ3) is 3.63. The molecule has 1 aromatic carbocycles. The van der Waals surface area contributed by atoms with Crippen molar-refractivity contribution in [3.05, 3.63) is 35.4 Å². The molecular formula is C11H12F3NO3. The highest BCUT2D eigenvalue weighted by Crippen LogP contribution is 2.29. The molecule has 4 nitrogen and oxygen atoms in total. The average Bonchev–Trinajstić information content (AvgIpc) is 2.27.